The summed E-state index contributed by atoms with van der Waals surface area (Å²) in [6.07, 6.45) is 9.77. The monoisotopic (exact) mass is 180 g/mol. The molecule has 0 aliphatic heterocycles. The number of carbonyl (C=O) groups is 1. The van der Waals surface area contributed by atoms with E-state index in [4.69, 9.17) is 6.42 Å². The van der Waals surface area contributed by atoms with E-state index in [1.165, 1.54) is 0 Å². The molecule has 0 aromatic rings. The van der Waals surface area contributed by atoms with Crippen molar-refractivity contribution in [2.45, 2.75) is 52.9 Å². The molecule has 0 amide bonds. The standard InChI is InChI=1S/C12H20O/c1-5-6-7-8-9-10-11(13)12(2,3)4/h1H,6-10H2,2-4H3. The van der Waals surface area contributed by atoms with Crippen molar-refractivity contribution in [2.75, 3.05) is 0 Å². The van der Waals surface area contributed by atoms with Gasteiger partial charge in [-0.3, -0.25) is 4.79 Å². The molecule has 0 radical (unpaired) electrons. The summed E-state index contributed by atoms with van der Waals surface area (Å²) in [6.45, 7) is 5.91. The van der Waals surface area contributed by atoms with E-state index in [-0.39, 0.29) is 5.41 Å². The molecule has 74 valence electrons. The molecular formula is C12H20O. The van der Waals surface area contributed by atoms with Gasteiger partial charge in [-0.05, 0) is 12.8 Å². The molecule has 0 saturated carbocycles. The SMILES string of the molecule is C#CCCCCCC(=O)C(C)(C)C. The third-order valence-corrected chi connectivity index (χ3v) is 2.06. The molecule has 0 N–H and O–H groups in total. The highest BCUT2D eigenvalue weighted by molar-refractivity contribution is 5.83. The Labute approximate surface area is 81.9 Å². The van der Waals surface area contributed by atoms with E-state index in [2.05, 4.69) is 5.92 Å². The van der Waals surface area contributed by atoms with Crippen molar-refractivity contribution in [1.82, 2.24) is 0 Å². The van der Waals surface area contributed by atoms with Crippen molar-refractivity contribution >= 4 is 5.78 Å². The maximum absolute atomic E-state index is 11.5. The van der Waals surface area contributed by atoms with Gasteiger partial charge in [-0.2, -0.15) is 0 Å². The second-order valence-electron chi connectivity index (χ2n) is 4.44. The predicted molar refractivity (Wildman–Crippen MR) is 56.4 cm³/mol. The number of hydrogen-bond donors (Lipinski definition) is 0. The van der Waals surface area contributed by atoms with Crippen LogP contribution >= 0.6 is 0 Å². The lowest BCUT2D eigenvalue weighted by Gasteiger charge is -2.15. The van der Waals surface area contributed by atoms with Crippen LogP contribution in [0.2, 0.25) is 0 Å². The summed E-state index contributed by atoms with van der Waals surface area (Å²) >= 11 is 0. The maximum atomic E-state index is 11.5. The first-order valence-electron chi connectivity index (χ1n) is 4.95. The van der Waals surface area contributed by atoms with Crippen molar-refractivity contribution in [3.05, 3.63) is 0 Å². The molecule has 0 rings (SSSR count). The second kappa shape index (κ2) is 5.80. The molecule has 0 aliphatic rings. The largest absolute Gasteiger partial charge is 0.299 e. The van der Waals surface area contributed by atoms with Crippen LogP contribution in [-0.2, 0) is 4.79 Å². The first-order valence-corrected chi connectivity index (χ1v) is 4.95. The van der Waals surface area contributed by atoms with E-state index in [9.17, 15) is 4.79 Å². The van der Waals surface area contributed by atoms with Crippen LogP contribution in [0.25, 0.3) is 0 Å². The van der Waals surface area contributed by atoms with E-state index < -0.39 is 0 Å². The first kappa shape index (κ1) is 12.2. The van der Waals surface area contributed by atoms with Gasteiger partial charge in [0, 0.05) is 18.3 Å². The van der Waals surface area contributed by atoms with Gasteiger partial charge in [0.15, 0.2) is 0 Å². The third-order valence-electron chi connectivity index (χ3n) is 2.06. The van der Waals surface area contributed by atoms with Gasteiger partial charge in [0.05, 0.1) is 0 Å². The Bertz CT molecular complexity index is 190. The molecule has 0 spiro atoms. The van der Waals surface area contributed by atoms with Crippen molar-refractivity contribution in [2.24, 2.45) is 5.41 Å². The zero-order valence-electron chi connectivity index (χ0n) is 9.02. The molecule has 0 heterocycles. The maximum Gasteiger partial charge on any atom is 0.138 e. The van der Waals surface area contributed by atoms with Crippen LogP contribution in [0.3, 0.4) is 0 Å². The van der Waals surface area contributed by atoms with Crippen LogP contribution in [0.15, 0.2) is 0 Å². The minimum atomic E-state index is -0.174. The van der Waals surface area contributed by atoms with Gasteiger partial charge in [-0.25, -0.2) is 0 Å². The smallest absolute Gasteiger partial charge is 0.138 e. The Morgan fingerprint density at radius 3 is 2.31 bits per heavy atom. The molecule has 1 nitrogen and oxygen atoms in total. The van der Waals surface area contributed by atoms with E-state index in [0.717, 1.165) is 25.7 Å². The summed E-state index contributed by atoms with van der Waals surface area (Å²) < 4.78 is 0. The minimum absolute atomic E-state index is 0.174. The van der Waals surface area contributed by atoms with Crippen molar-refractivity contribution in [1.29, 1.82) is 0 Å². The van der Waals surface area contributed by atoms with E-state index >= 15 is 0 Å². The number of rotatable bonds is 5. The average molecular weight is 180 g/mol. The lowest BCUT2D eigenvalue weighted by atomic mass is 9.88. The topological polar surface area (TPSA) is 17.1 Å². The van der Waals surface area contributed by atoms with Gasteiger partial charge >= 0.3 is 0 Å². The Morgan fingerprint density at radius 1 is 1.23 bits per heavy atom. The Hall–Kier alpha value is -0.770. The summed E-state index contributed by atoms with van der Waals surface area (Å²) in [5.74, 6) is 2.96. The van der Waals surface area contributed by atoms with Crippen LogP contribution in [0, 0.1) is 17.8 Å². The molecule has 0 aromatic carbocycles. The molecule has 0 aromatic heterocycles. The van der Waals surface area contributed by atoms with Gasteiger partial charge in [0.25, 0.3) is 0 Å². The number of carbonyl (C=O) groups excluding carboxylic acids is 1. The molecule has 0 saturated heterocycles. The third kappa shape index (κ3) is 6.40. The lowest BCUT2D eigenvalue weighted by Crippen LogP contribution is -2.19. The van der Waals surface area contributed by atoms with Crippen LogP contribution < -0.4 is 0 Å². The average Bonchev–Trinajstić information content (AvgIpc) is 2.02. The van der Waals surface area contributed by atoms with Crippen LogP contribution in [0.5, 0.6) is 0 Å². The fourth-order valence-electron chi connectivity index (χ4n) is 1.06. The Kier molecular flexibility index (Phi) is 5.46. The molecule has 0 atom stereocenters. The van der Waals surface area contributed by atoms with Crippen molar-refractivity contribution in [3.8, 4) is 12.3 Å². The molecule has 0 bridgehead atoms. The molecule has 1 heteroatoms. The second-order valence-corrected chi connectivity index (χ2v) is 4.44. The fraction of sp³-hybridized carbons (Fsp3) is 0.750. The molecule has 0 fully saturated rings. The minimum Gasteiger partial charge on any atom is -0.299 e. The number of hydrogen-bond acceptors (Lipinski definition) is 1. The highest BCUT2D eigenvalue weighted by atomic mass is 16.1. The zero-order chi connectivity index (χ0) is 10.3. The molecular weight excluding hydrogens is 160 g/mol. The van der Waals surface area contributed by atoms with Gasteiger partial charge in [-0.15, -0.1) is 12.3 Å². The van der Waals surface area contributed by atoms with Crippen LogP contribution in [0.4, 0.5) is 0 Å². The van der Waals surface area contributed by atoms with Crippen molar-refractivity contribution in [3.63, 3.8) is 0 Å². The van der Waals surface area contributed by atoms with Gasteiger partial charge in [-0.1, -0.05) is 27.2 Å². The fourth-order valence-corrected chi connectivity index (χ4v) is 1.06. The predicted octanol–water partition coefficient (Wildman–Crippen LogP) is 3.19. The van der Waals surface area contributed by atoms with E-state index in [1.54, 1.807) is 0 Å². The van der Waals surface area contributed by atoms with E-state index in [0.29, 0.717) is 12.2 Å². The first-order chi connectivity index (χ1) is 5.98. The van der Waals surface area contributed by atoms with Crippen molar-refractivity contribution < 1.29 is 4.79 Å². The highest BCUT2D eigenvalue weighted by Crippen LogP contribution is 2.18. The summed E-state index contributed by atoms with van der Waals surface area (Å²) in [6, 6.07) is 0. The highest BCUT2D eigenvalue weighted by Gasteiger charge is 2.19. The number of terminal acetylenes is 1. The van der Waals surface area contributed by atoms with Crippen LogP contribution in [-0.4, -0.2) is 5.78 Å². The summed E-state index contributed by atoms with van der Waals surface area (Å²) in [4.78, 5) is 11.5. The Balaban J connectivity index is 3.45. The normalized spacial score (nSPS) is 10.9. The van der Waals surface area contributed by atoms with Crippen LogP contribution in [0.1, 0.15) is 52.9 Å². The molecule has 0 unspecified atom stereocenters. The summed E-state index contributed by atoms with van der Waals surface area (Å²) in [7, 11) is 0. The number of Topliss-reactive ketones (excluding diaryl/α,β-unsaturated/α-hetero) is 1. The summed E-state index contributed by atoms with van der Waals surface area (Å²) in [5.41, 5.74) is -0.174. The molecule has 13 heavy (non-hydrogen) atoms. The zero-order valence-corrected chi connectivity index (χ0v) is 9.02. The van der Waals surface area contributed by atoms with Gasteiger partial charge in [0.1, 0.15) is 5.78 Å². The number of ketones is 1. The molecule has 0 aliphatic carbocycles. The van der Waals surface area contributed by atoms with Gasteiger partial charge < -0.3 is 0 Å². The van der Waals surface area contributed by atoms with Gasteiger partial charge in [0.2, 0.25) is 0 Å². The Morgan fingerprint density at radius 2 is 1.85 bits per heavy atom. The number of unbranched alkanes of at least 4 members (excludes halogenated alkanes) is 3. The summed E-state index contributed by atoms with van der Waals surface area (Å²) in [5, 5.41) is 0. The van der Waals surface area contributed by atoms with E-state index in [1.807, 2.05) is 20.8 Å². The lowest BCUT2D eigenvalue weighted by molar-refractivity contribution is -0.126. The quantitative estimate of drug-likeness (QED) is 0.469.